The monoisotopic (exact) mass is 1020 g/mol. The molecule has 0 radical (unpaired) electrons. The zero-order valence-corrected chi connectivity index (χ0v) is 43.4. The second kappa shape index (κ2) is 23.6. The molecule has 2 aliphatic carbocycles. The van der Waals surface area contributed by atoms with Crippen LogP contribution in [0.5, 0.6) is 0 Å². The molecule has 16 nitrogen and oxygen atoms in total. The van der Waals surface area contributed by atoms with Crippen LogP contribution in [-0.4, -0.2) is 161 Å². The van der Waals surface area contributed by atoms with Crippen molar-refractivity contribution in [3.05, 3.63) is 88.8 Å². The average Bonchev–Trinajstić information content (AvgIpc) is 4.14. The Kier molecular flexibility index (Phi) is 16.6. The summed E-state index contributed by atoms with van der Waals surface area (Å²) in [4.78, 5) is 79.0. The topological polar surface area (TPSA) is 188 Å². The Morgan fingerprint density at radius 3 is 2.29 bits per heavy atom. The molecule has 73 heavy (non-hydrogen) atoms. The molecule has 17 heteroatoms. The van der Waals surface area contributed by atoms with E-state index in [2.05, 4.69) is 51.7 Å². The Morgan fingerprint density at radius 1 is 0.781 bits per heavy atom. The van der Waals surface area contributed by atoms with Crippen LogP contribution in [0.1, 0.15) is 123 Å². The highest BCUT2D eigenvalue weighted by Crippen LogP contribution is 2.33. The van der Waals surface area contributed by atoms with Crippen LogP contribution in [0.4, 0.5) is 5.82 Å². The lowest BCUT2D eigenvalue weighted by Crippen LogP contribution is -2.60. The van der Waals surface area contributed by atoms with E-state index < -0.39 is 11.6 Å². The number of nitrogens with one attached hydrogen (secondary N) is 4. The quantitative estimate of drug-likeness (QED) is 0.0855. The number of amides is 4. The number of fused-ring (bicyclic) bond motifs is 1. The van der Waals surface area contributed by atoms with Crippen molar-refractivity contribution >= 4 is 52.1 Å². The van der Waals surface area contributed by atoms with Gasteiger partial charge in [0.05, 0.1) is 23.5 Å². The van der Waals surface area contributed by atoms with Gasteiger partial charge in [0.2, 0.25) is 17.7 Å². The molecule has 0 spiro atoms. The molecular weight excluding hydrogens is 940 g/mol. The molecule has 2 saturated carbocycles. The number of aromatic amines is 1. The van der Waals surface area contributed by atoms with Crippen LogP contribution in [0.15, 0.2) is 67.1 Å². The molecule has 4 aliphatic heterocycles. The summed E-state index contributed by atoms with van der Waals surface area (Å²) in [6, 6.07) is 17.4. The molecule has 392 valence electrons. The smallest absolute Gasteiger partial charge is 0.251 e. The van der Waals surface area contributed by atoms with Crippen molar-refractivity contribution in [2.24, 2.45) is 17.6 Å². The summed E-state index contributed by atoms with van der Waals surface area (Å²) in [6.45, 7) is 10.2. The third-order valence-corrected chi connectivity index (χ3v) is 17.4. The number of anilines is 1. The number of aromatic nitrogens is 3. The number of halogens is 1. The summed E-state index contributed by atoms with van der Waals surface area (Å²) in [7, 11) is 0. The van der Waals surface area contributed by atoms with E-state index in [0.717, 1.165) is 144 Å². The Balaban J connectivity index is 0.683. The Labute approximate surface area is 435 Å². The highest BCUT2D eigenvalue weighted by Gasteiger charge is 2.40. The molecule has 6 N–H and O–H groups in total. The lowest BCUT2D eigenvalue weighted by molar-refractivity contribution is -0.136. The predicted octanol–water partition coefficient (Wildman–Crippen LogP) is 5.85. The number of hydrogen-bond donors (Lipinski definition) is 5. The fraction of sp³-hybridized carbons (Fsp3) is 0.607. The number of carbonyl (C=O) groups is 4. The van der Waals surface area contributed by atoms with Crippen LogP contribution >= 0.6 is 11.6 Å². The number of hydrogen-bond acceptors (Lipinski definition) is 11. The van der Waals surface area contributed by atoms with Crippen LogP contribution < -0.4 is 26.6 Å². The summed E-state index contributed by atoms with van der Waals surface area (Å²) in [5.74, 6) is 1.62. The number of nitrogens with zero attached hydrogens (tertiary/aromatic N) is 7. The first kappa shape index (κ1) is 51.4. The highest BCUT2D eigenvalue weighted by atomic mass is 35.5. The molecule has 6 aliphatic rings. The first-order valence-electron chi connectivity index (χ1n) is 27.6. The van der Waals surface area contributed by atoms with Gasteiger partial charge in [0.15, 0.2) is 0 Å². The van der Waals surface area contributed by atoms with Crippen LogP contribution in [-0.2, 0) is 14.4 Å². The number of likely N-dealkylation sites (tertiary alicyclic amines) is 2. The number of rotatable bonds is 17. The Morgan fingerprint density at radius 2 is 1.53 bits per heavy atom. The maximum Gasteiger partial charge on any atom is 0.251 e. The Bertz CT molecular complexity index is 2510. The summed E-state index contributed by atoms with van der Waals surface area (Å²) in [5.41, 5.74) is 9.40. The zero-order chi connectivity index (χ0) is 50.3. The van der Waals surface area contributed by atoms with Crippen molar-refractivity contribution in [2.45, 2.75) is 119 Å². The van der Waals surface area contributed by atoms with E-state index in [9.17, 15) is 19.2 Å². The number of nitrogens with two attached hydrogens (primary N) is 1. The predicted molar refractivity (Wildman–Crippen MR) is 285 cm³/mol. The van der Waals surface area contributed by atoms with Gasteiger partial charge in [-0.25, -0.2) is 9.97 Å². The van der Waals surface area contributed by atoms with Gasteiger partial charge in [0, 0.05) is 107 Å². The summed E-state index contributed by atoms with van der Waals surface area (Å²) in [5, 5.41) is 11.6. The van der Waals surface area contributed by atoms with Gasteiger partial charge < -0.3 is 51.2 Å². The standard InChI is InChI=1S/C56H77ClN12O4/c57-45-13-11-40(12-14-45)48(63-55(73)56(58)21-28-67(29-22-56)52-47-17-23-59-51(47)61-38-62-52)20-25-65-30-32-66(33-31-65)36-39-18-26-68(27-19-39)54(72)50(41-6-2-1-3-7-41)64-53(71)43-9-4-8-42(34-43)44-10-5-24-69(37-44)49(70)35-60-46-15-16-46/h4,8-9,11-14,17,23,34,38-39,41,44,46,48,50,60H,1-3,5-7,10,15-16,18-22,24-33,35-37,58H2,(H,63,73)(H,64,71)(H,59,61,62)/t44?,48-,50+/m0/s1. The van der Waals surface area contributed by atoms with E-state index >= 15 is 0 Å². The van der Waals surface area contributed by atoms with Crippen molar-refractivity contribution in [1.82, 2.24) is 50.5 Å². The zero-order valence-electron chi connectivity index (χ0n) is 42.6. The third-order valence-electron chi connectivity index (χ3n) is 17.1. The van der Waals surface area contributed by atoms with E-state index in [4.69, 9.17) is 17.3 Å². The fourth-order valence-corrected chi connectivity index (χ4v) is 12.4. The molecule has 6 heterocycles. The minimum absolute atomic E-state index is 0.0711. The second-order valence-electron chi connectivity index (χ2n) is 22.2. The van der Waals surface area contributed by atoms with Crippen LogP contribution in [0, 0.1) is 11.8 Å². The number of benzene rings is 2. The Hall–Kier alpha value is -5.13. The molecule has 4 saturated heterocycles. The van der Waals surface area contributed by atoms with Gasteiger partial charge in [-0.1, -0.05) is 55.1 Å². The first-order valence-corrected chi connectivity index (χ1v) is 28.0. The van der Waals surface area contributed by atoms with Gasteiger partial charge >= 0.3 is 0 Å². The molecule has 2 aromatic carbocycles. The molecule has 6 fully saturated rings. The van der Waals surface area contributed by atoms with Gasteiger partial charge in [0.25, 0.3) is 5.91 Å². The highest BCUT2D eigenvalue weighted by molar-refractivity contribution is 6.30. The lowest BCUT2D eigenvalue weighted by Gasteiger charge is -2.41. The minimum atomic E-state index is -0.990. The second-order valence-corrected chi connectivity index (χ2v) is 22.6. The minimum Gasteiger partial charge on any atom is -0.356 e. The maximum atomic E-state index is 14.5. The summed E-state index contributed by atoms with van der Waals surface area (Å²) in [6.07, 6.45) is 16.6. The first-order chi connectivity index (χ1) is 35.5. The van der Waals surface area contributed by atoms with Gasteiger partial charge in [-0.05, 0) is 124 Å². The van der Waals surface area contributed by atoms with Gasteiger partial charge in [-0.3, -0.25) is 19.2 Å². The van der Waals surface area contributed by atoms with Crippen molar-refractivity contribution < 1.29 is 19.2 Å². The number of H-pyrrole nitrogens is 1. The molecule has 0 bridgehead atoms. The van der Waals surface area contributed by atoms with E-state index in [-0.39, 0.29) is 41.5 Å². The lowest BCUT2D eigenvalue weighted by atomic mass is 9.82. The average molecular weight is 1020 g/mol. The molecule has 4 aromatic rings. The third kappa shape index (κ3) is 12.9. The van der Waals surface area contributed by atoms with Gasteiger partial charge in [-0.2, -0.15) is 0 Å². The number of carbonyl (C=O) groups excluding carboxylic acids is 4. The van der Waals surface area contributed by atoms with E-state index in [0.29, 0.717) is 74.7 Å². The fourth-order valence-electron chi connectivity index (χ4n) is 12.3. The van der Waals surface area contributed by atoms with Crippen molar-refractivity contribution in [2.75, 3.05) is 90.0 Å². The largest absolute Gasteiger partial charge is 0.356 e. The van der Waals surface area contributed by atoms with E-state index in [1.54, 1.807) is 6.33 Å². The molecular formula is C56H77ClN12O4. The molecule has 2 aromatic heterocycles. The van der Waals surface area contributed by atoms with Crippen LogP contribution in [0.3, 0.4) is 0 Å². The van der Waals surface area contributed by atoms with E-state index in [1.807, 2.05) is 64.5 Å². The number of piperidine rings is 3. The van der Waals surface area contributed by atoms with Gasteiger partial charge in [0.1, 0.15) is 23.8 Å². The number of piperazine rings is 1. The summed E-state index contributed by atoms with van der Waals surface area (Å²) >= 11 is 6.31. The molecule has 4 amide bonds. The van der Waals surface area contributed by atoms with E-state index in [1.165, 1.54) is 6.42 Å². The molecule has 10 rings (SSSR count). The normalized spacial score (nSPS) is 22.5. The van der Waals surface area contributed by atoms with Gasteiger partial charge in [-0.15, -0.1) is 0 Å². The van der Waals surface area contributed by atoms with Crippen molar-refractivity contribution in [3.8, 4) is 0 Å². The SMILES string of the molecule is NC1(C(=O)N[C@@H](CCN2CCN(CC3CCN(C(=O)[C@H](NC(=O)c4cccc(C5CCCN(C(=O)CNC6CC6)C5)c4)C4CCCCC4)CC3)CC2)c2ccc(Cl)cc2)CCN(c2ncnc3[nH]ccc23)CC1. The van der Waals surface area contributed by atoms with Crippen molar-refractivity contribution in [3.63, 3.8) is 0 Å². The van der Waals surface area contributed by atoms with Crippen molar-refractivity contribution in [1.29, 1.82) is 0 Å². The summed E-state index contributed by atoms with van der Waals surface area (Å²) < 4.78 is 0. The van der Waals surface area contributed by atoms with Crippen LogP contribution in [0.25, 0.3) is 11.0 Å². The molecule has 3 atom stereocenters. The maximum absolute atomic E-state index is 14.5. The molecule has 1 unspecified atom stereocenters. The van der Waals surface area contributed by atoms with Crippen LogP contribution in [0.2, 0.25) is 5.02 Å².